The number of aliphatic carboxylic acids is 1. The average Bonchev–Trinajstić information content (AvgIpc) is 1.87. The predicted molar refractivity (Wildman–Crippen MR) is 42.3 cm³/mol. The van der Waals surface area contributed by atoms with Gasteiger partial charge in [0, 0.05) is 5.57 Å². The van der Waals surface area contributed by atoms with Crippen molar-refractivity contribution in [3.63, 3.8) is 0 Å². The molecule has 0 aliphatic carbocycles. The Balaban J connectivity index is 3.96. The quantitative estimate of drug-likeness (QED) is 0.604. The Labute approximate surface area is 66.4 Å². The second-order valence-electron chi connectivity index (χ2n) is 2.51. The molecule has 3 nitrogen and oxygen atoms in total. The molecule has 0 bridgehead atoms. The van der Waals surface area contributed by atoms with Gasteiger partial charge in [-0.3, -0.25) is 0 Å². The van der Waals surface area contributed by atoms with Crippen molar-refractivity contribution < 1.29 is 15.0 Å². The van der Waals surface area contributed by atoms with Crippen LogP contribution in [0.5, 0.6) is 0 Å². The molecule has 11 heavy (non-hydrogen) atoms. The maximum atomic E-state index is 10.3. The summed E-state index contributed by atoms with van der Waals surface area (Å²) >= 11 is 0. The van der Waals surface area contributed by atoms with E-state index in [0.717, 1.165) is 6.42 Å². The van der Waals surface area contributed by atoms with Crippen molar-refractivity contribution in [2.45, 2.75) is 32.8 Å². The Morgan fingerprint density at radius 1 is 1.64 bits per heavy atom. The first kappa shape index (κ1) is 10.2. The van der Waals surface area contributed by atoms with E-state index in [4.69, 9.17) is 10.2 Å². The van der Waals surface area contributed by atoms with Gasteiger partial charge < -0.3 is 10.2 Å². The van der Waals surface area contributed by atoms with Gasteiger partial charge in [0.15, 0.2) is 0 Å². The summed E-state index contributed by atoms with van der Waals surface area (Å²) in [5.74, 6) is -0.972. The number of carboxylic acid groups (broad SMARTS) is 1. The van der Waals surface area contributed by atoms with Gasteiger partial charge in [0.25, 0.3) is 0 Å². The zero-order valence-electron chi connectivity index (χ0n) is 6.87. The zero-order chi connectivity index (χ0) is 8.85. The van der Waals surface area contributed by atoms with E-state index in [1.54, 1.807) is 0 Å². The molecule has 0 saturated carbocycles. The molecule has 0 aromatic heterocycles. The van der Waals surface area contributed by atoms with Crippen LogP contribution in [-0.4, -0.2) is 22.3 Å². The van der Waals surface area contributed by atoms with E-state index < -0.39 is 12.1 Å². The van der Waals surface area contributed by atoms with Crippen LogP contribution in [0.3, 0.4) is 0 Å². The Morgan fingerprint density at radius 2 is 2.18 bits per heavy atom. The molecule has 1 atom stereocenters. The second-order valence-corrected chi connectivity index (χ2v) is 2.51. The molecule has 2 N–H and O–H groups in total. The monoisotopic (exact) mass is 158 g/mol. The van der Waals surface area contributed by atoms with Gasteiger partial charge in [-0.1, -0.05) is 13.3 Å². The molecule has 0 aliphatic rings. The molecule has 0 aromatic rings. The molecule has 0 aromatic carbocycles. The van der Waals surface area contributed by atoms with Crippen molar-refractivity contribution in [2.75, 3.05) is 0 Å². The molecule has 1 unspecified atom stereocenters. The van der Waals surface area contributed by atoms with E-state index in [1.807, 2.05) is 6.92 Å². The third kappa shape index (κ3) is 4.56. The predicted octanol–water partition coefficient (Wildman–Crippen LogP) is 1.18. The van der Waals surface area contributed by atoms with E-state index in [-0.39, 0.29) is 5.57 Å². The van der Waals surface area contributed by atoms with Crippen LogP contribution in [0.25, 0.3) is 0 Å². The molecule has 0 saturated heterocycles. The first-order valence-electron chi connectivity index (χ1n) is 3.67. The molecular weight excluding hydrogens is 144 g/mol. The summed E-state index contributed by atoms with van der Waals surface area (Å²) < 4.78 is 0. The molecule has 0 rings (SSSR count). The van der Waals surface area contributed by atoms with Gasteiger partial charge in [0.2, 0.25) is 0 Å². The summed E-state index contributed by atoms with van der Waals surface area (Å²) in [4.78, 5) is 10.3. The number of aliphatic hydroxyl groups is 1. The lowest BCUT2D eigenvalue weighted by Crippen LogP contribution is -2.05. The van der Waals surface area contributed by atoms with Crippen LogP contribution in [0, 0.1) is 0 Å². The summed E-state index contributed by atoms with van der Waals surface area (Å²) in [7, 11) is 0. The van der Waals surface area contributed by atoms with Crippen LogP contribution in [-0.2, 0) is 4.79 Å². The Kier molecular flexibility index (Phi) is 4.54. The average molecular weight is 158 g/mol. The Morgan fingerprint density at radius 3 is 2.55 bits per heavy atom. The highest BCUT2D eigenvalue weighted by Gasteiger charge is 2.03. The number of carbonyl (C=O) groups is 1. The summed E-state index contributed by atoms with van der Waals surface area (Å²) in [5, 5.41) is 17.5. The van der Waals surface area contributed by atoms with E-state index in [1.165, 1.54) is 13.0 Å². The Hall–Kier alpha value is -0.830. The van der Waals surface area contributed by atoms with Gasteiger partial charge in [0.1, 0.15) is 0 Å². The van der Waals surface area contributed by atoms with Crippen LogP contribution in [0.15, 0.2) is 11.6 Å². The minimum atomic E-state index is -0.972. The normalized spacial score (nSPS) is 14.6. The van der Waals surface area contributed by atoms with Crippen molar-refractivity contribution in [3.8, 4) is 0 Å². The minimum Gasteiger partial charge on any atom is -0.478 e. The van der Waals surface area contributed by atoms with Crippen molar-refractivity contribution in [1.82, 2.24) is 0 Å². The largest absolute Gasteiger partial charge is 0.478 e. The number of hydrogen-bond acceptors (Lipinski definition) is 2. The molecule has 0 aliphatic heterocycles. The number of hydrogen-bond donors (Lipinski definition) is 2. The van der Waals surface area contributed by atoms with Crippen LogP contribution in [0.2, 0.25) is 0 Å². The van der Waals surface area contributed by atoms with Gasteiger partial charge in [0.05, 0.1) is 6.10 Å². The maximum Gasteiger partial charge on any atom is 0.331 e. The number of rotatable bonds is 4. The standard InChI is InChI=1S/C8H14O3/c1-3-4-7(9)5-6(2)8(10)11/h5,7,9H,3-4H2,1-2H3,(H,10,11)/b6-5+. The zero-order valence-corrected chi connectivity index (χ0v) is 6.87. The van der Waals surface area contributed by atoms with Gasteiger partial charge in [-0.2, -0.15) is 0 Å². The van der Waals surface area contributed by atoms with Crippen molar-refractivity contribution in [1.29, 1.82) is 0 Å². The van der Waals surface area contributed by atoms with E-state index in [0.29, 0.717) is 6.42 Å². The summed E-state index contributed by atoms with van der Waals surface area (Å²) in [6, 6.07) is 0. The molecule has 3 heteroatoms. The maximum absolute atomic E-state index is 10.3. The lowest BCUT2D eigenvalue weighted by Gasteiger charge is -2.02. The van der Waals surface area contributed by atoms with Crippen molar-refractivity contribution in [3.05, 3.63) is 11.6 Å². The topological polar surface area (TPSA) is 57.5 Å². The third-order valence-corrected chi connectivity index (χ3v) is 1.36. The first-order valence-corrected chi connectivity index (χ1v) is 3.67. The van der Waals surface area contributed by atoms with Gasteiger partial charge in [-0.25, -0.2) is 4.79 Å². The summed E-state index contributed by atoms with van der Waals surface area (Å²) in [6.07, 6.45) is 2.22. The van der Waals surface area contributed by atoms with Gasteiger partial charge in [-0.05, 0) is 19.4 Å². The van der Waals surface area contributed by atoms with Gasteiger partial charge in [-0.15, -0.1) is 0 Å². The van der Waals surface area contributed by atoms with E-state index in [2.05, 4.69) is 0 Å². The van der Waals surface area contributed by atoms with E-state index >= 15 is 0 Å². The SMILES string of the molecule is CCCC(O)/C=C(\C)C(=O)O. The molecule has 0 heterocycles. The fourth-order valence-electron chi connectivity index (χ4n) is 0.739. The Bertz CT molecular complexity index is 161. The highest BCUT2D eigenvalue weighted by atomic mass is 16.4. The highest BCUT2D eigenvalue weighted by molar-refractivity contribution is 5.85. The summed E-state index contributed by atoms with van der Waals surface area (Å²) in [5.41, 5.74) is 0.200. The second kappa shape index (κ2) is 4.91. The minimum absolute atomic E-state index is 0.200. The molecule has 0 amide bonds. The molecular formula is C8H14O3. The fraction of sp³-hybridized carbons (Fsp3) is 0.625. The van der Waals surface area contributed by atoms with Crippen LogP contribution in [0.1, 0.15) is 26.7 Å². The van der Waals surface area contributed by atoms with Crippen LogP contribution in [0.4, 0.5) is 0 Å². The summed E-state index contributed by atoms with van der Waals surface area (Å²) in [6.45, 7) is 3.41. The smallest absolute Gasteiger partial charge is 0.331 e. The highest BCUT2D eigenvalue weighted by Crippen LogP contribution is 2.01. The first-order chi connectivity index (χ1) is 5.07. The lowest BCUT2D eigenvalue weighted by molar-refractivity contribution is -0.132. The number of aliphatic hydroxyl groups excluding tert-OH is 1. The molecule has 0 fully saturated rings. The molecule has 0 spiro atoms. The third-order valence-electron chi connectivity index (χ3n) is 1.36. The lowest BCUT2D eigenvalue weighted by atomic mass is 10.1. The van der Waals surface area contributed by atoms with Crippen molar-refractivity contribution >= 4 is 5.97 Å². The van der Waals surface area contributed by atoms with Crippen molar-refractivity contribution in [2.24, 2.45) is 0 Å². The van der Waals surface area contributed by atoms with Crippen LogP contribution >= 0.6 is 0 Å². The van der Waals surface area contributed by atoms with Crippen LogP contribution < -0.4 is 0 Å². The molecule has 0 radical (unpaired) electrons. The fourth-order valence-corrected chi connectivity index (χ4v) is 0.739. The van der Waals surface area contributed by atoms with E-state index in [9.17, 15) is 4.79 Å². The molecule has 64 valence electrons. The van der Waals surface area contributed by atoms with Gasteiger partial charge >= 0.3 is 5.97 Å². The number of carboxylic acids is 1.